The number of alkyl halides is 3. The summed E-state index contributed by atoms with van der Waals surface area (Å²) in [6.07, 6.45) is -3.22. The zero-order chi connectivity index (χ0) is 15.6. The number of nitrogens with zero attached hydrogens (tertiary/aromatic N) is 1. The maximum absolute atomic E-state index is 13.2. The van der Waals surface area contributed by atoms with E-state index in [2.05, 4.69) is 10.3 Å². The minimum Gasteiger partial charge on any atom is -0.306 e. The lowest BCUT2D eigenvalue weighted by molar-refractivity contribution is -0.137. The Bertz CT molecular complexity index is 622. The lowest BCUT2D eigenvalue weighted by Crippen LogP contribution is -2.22. The molecule has 1 aromatic carbocycles. The van der Waals surface area contributed by atoms with Crippen molar-refractivity contribution in [1.29, 1.82) is 0 Å². The molecule has 0 amide bonds. The molecule has 1 atom stereocenters. The van der Waals surface area contributed by atoms with Crippen LogP contribution in [0.15, 0.2) is 24.4 Å². The molecule has 1 heterocycles. The van der Waals surface area contributed by atoms with Crippen molar-refractivity contribution in [2.75, 3.05) is 6.54 Å². The van der Waals surface area contributed by atoms with Crippen molar-refractivity contribution in [2.45, 2.75) is 26.1 Å². The molecule has 0 aliphatic carbocycles. The van der Waals surface area contributed by atoms with Crippen molar-refractivity contribution in [3.63, 3.8) is 0 Å². The average molecular weight is 318 g/mol. The van der Waals surface area contributed by atoms with E-state index in [-0.39, 0.29) is 5.82 Å². The van der Waals surface area contributed by atoms with E-state index in [1.807, 2.05) is 6.92 Å². The molecular formula is C14H14F4N2S. The van der Waals surface area contributed by atoms with Gasteiger partial charge in [-0.3, -0.25) is 0 Å². The second-order valence-corrected chi connectivity index (χ2v) is 5.62. The summed E-state index contributed by atoms with van der Waals surface area (Å²) in [5, 5.41) is 2.25. The van der Waals surface area contributed by atoms with Gasteiger partial charge in [0.2, 0.25) is 0 Å². The summed E-state index contributed by atoms with van der Waals surface area (Å²) >= 11 is 0.603. The summed E-state index contributed by atoms with van der Waals surface area (Å²) in [5.41, 5.74) is 1.43. The predicted molar refractivity (Wildman–Crippen MR) is 73.8 cm³/mol. The van der Waals surface area contributed by atoms with Gasteiger partial charge in [-0.15, -0.1) is 11.3 Å². The number of thiazole rings is 1. The van der Waals surface area contributed by atoms with Crippen LogP contribution in [0.4, 0.5) is 17.6 Å². The number of halogens is 4. The summed E-state index contributed by atoms with van der Waals surface area (Å²) in [5.74, 6) is -0.369. The molecule has 0 aliphatic rings. The molecule has 2 rings (SSSR count). The molecule has 0 bridgehead atoms. The van der Waals surface area contributed by atoms with Crippen LogP contribution in [0.5, 0.6) is 0 Å². The molecule has 1 N–H and O–H groups in total. The summed E-state index contributed by atoms with van der Waals surface area (Å²) in [6, 6.07) is 3.83. The van der Waals surface area contributed by atoms with Crippen LogP contribution >= 0.6 is 11.3 Å². The smallest absolute Gasteiger partial charge is 0.306 e. The SMILES string of the molecule is CCNC(c1cnc(C(F)(F)F)s1)c1ccc(F)cc1C. The van der Waals surface area contributed by atoms with Crippen LogP contribution in [-0.4, -0.2) is 11.5 Å². The first kappa shape index (κ1) is 15.9. The Balaban J connectivity index is 2.41. The zero-order valence-corrected chi connectivity index (χ0v) is 12.3. The third kappa shape index (κ3) is 3.59. The number of hydrogen-bond donors (Lipinski definition) is 1. The highest BCUT2D eigenvalue weighted by atomic mass is 32.1. The van der Waals surface area contributed by atoms with Crippen molar-refractivity contribution in [2.24, 2.45) is 0 Å². The molecule has 0 saturated heterocycles. The minimum atomic E-state index is -4.45. The quantitative estimate of drug-likeness (QED) is 0.850. The van der Waals surface area contributed by atoms with Crippen LogP contribution in [0.25, 0.3) is 0 Å². The first-order valence-corrected chi connectivity index (χ1v) is 7.17. The average Bonchev–Trinajstić information content (AvgIpc) is 2.86. The predicted octanol–water partition coefficient (Wildman–Crippen LogP) is 4.31. The molecule has 0 aliphatic heterocycles. The third-order valence-corrected chi connectivity index (χ3v) is 4.11. The van der Waals surface area contributed by atoms with Crippen molar-refractivity contribution < 1.29 is 17.6 Å². The van der Waals surface area contributed by atoms with Gasteiger partial charge in [-0.25, -0.2) is 9.37 Å². The molecule has 0 spiro atoms. The molecule has 0 radical (unpaired) electrons. The number of aryl methyl sites for hydroxylation is 1. The van der Waals surface area contributed by atoms with Crippen molar-refractivity contribution in [3.05, 3.63) is 51.2 Å². The van der Waals surface area contributed by atoms with Gasteiger partial charge in [-0.2, -0.15) is 13.2 Å². The molecule has 2 nitrogen and oxygen atoms in total. The van der Waals surface area contributed by atoms with Gasteiger partial charge in [0.1, 0.15) is 5.82 Å². The van der Waals surface area contributed by atoms with Crippen LogP contribution in [0, 0.1) is 12.7 Å². The molecular weight excluding hydrogens is 304 g/mol. The first-order valence-electron chi connectivity index (χ1n) is 6.35. The largest absolute Gasteiger partial charge is 0.443 e. The Morgan fingerprint density at radius 3 is 2.57 bits per heavy atom. The topological polar surface area (TPSA) is 24.9 Å². The van der Waals surface area contributed by atoms with E-state index in [1.54, 1.807) is 13.0 Å². The Kier molecular flexibility index (Phi) is 4.63. The first-order chi connectivity index (χ1) is 9.82. The second-order valence-electron chi connectivity index (χ2n) is 4.56. The van der Waals surface area contributed by atoms with Gasteiger partial charge in [0.05, 0.1) is 6.04 Å². The van der Waals surface area contributed by atoms with Gasteiger partial charge in [-0.05, 0) is 36.7 Å². The Labute approximate surface area is 123 Å². The van der Waals surface area contributed by atoms with E-state index >= 15 is 0 Å². The number of rotatable bonds is 4. The van der Waals surface area contributed by atoms with Gasteiger partial charge < -0.3 is 5.32 Å². The Morgan fingerprint density at radius 1 is 1.33 bits per heavy atom. The van der Waals surface area contributed by atoms with Crippen molar-refractivity contribution in [1.82, 2.24) is 10.3 Å². The zero-order valence-electron chi connectivity index (χ0n) is 11.5. The normalized spacial score (nSPS) is 13.4. The number of hydrogen-bond acceptors (Lipinski definition) is 3. The molecule has 2 aromatic rings. The standard InChI is InChI=1S/C14H14F4N2S/c1-3-19-12(10-5-4-9(15)6-8(10)2)11-7-20-13(21-11)14(16,17)18/h4-7,12,19H,3H2,1-2H3. The van der Waals surface area contributed by atoms with E-state index in [0.29, 0.717) is 28.3 Å². The fraction of sp³-hybridized carbons (Fsp3) is 0.357. The Morgan fingerprint density at radius 2 is 2.05 bits per heavy atom. The summed E-state index contributed by atoms with van der Waals surface area (Å²) in [6.45, 7) is 4.16. The molecule has 0 saturated carbocycles. The summed E-state index contributed by atoms with van der Waals surface area (Å²) in [4.78, 5) is 3.90. The van der Waals surface area contributed by atoms with Crippen molar-refractivity contribution >= 4 is 11.3 Å². The van der Waals surface area contributed by atoms with Crippen LogP contribution in [-0.2, 0) is 6.18 Å². The van der Waals surface area contributed by atoms with Gasteiger partial charge in [0, 0.05) is 11.1 Å². The lowest BCUT2D eigenvalue weighted by atomic mass is 10.0. The van der Waals surface area contributed by atoms with Crippen molar-refractivity contribution in [3.8, 4) is 0 Å². The highest BCUT2D eigenvalue weighted by Crippen LogP contribution is 2.36. The number of aromatic nitrogens is 1. The van der Waals surface area contributed by atoms with E-state index in [4.69, 9.17) is 0 Å². The number of nitrogens with one attached hydrogen (secondary N) is 1. The summed E-state index contributed by atoms with van der Waals surface area (Å²) < 4.78 is 51.2. The fourth-order valence-electron chi connectivity index (χ4n) is 2.08. The van der Waals surface area contributed by atoms with Gasteiger partial charge in [0.25, 0.3) is 0 Å². The van der Waals surface area contributed by atoms with Crippen LogP contribution in [0.3, 0.4) is 0 Å². The number of benzene rings is 1. The second kappa shape index (κ2) is 6.11. The molecule has 114 valence electrons. The highest BCUT2D eigenvalue weighted by Gasteiger charge is 2.35. The lowest BCUT2D eigenvalue weighted by Gasteiger charge is -2.18. The van der Waals surface area contributed by atoms with E-state index < -0.39 is 17.2 Å². The third-order valence-electron chi connectivity index (χ3n) is 3.00. The fourth-order valence-corrected chi connectivity index (χ4v) is 2.96. The van der Waals surface area contributed by atoms with Gasteiger partial charge in [0.15, 0.2) is 5.01 Å². The maximum atomic E-state index is 13.2. The van der Waals surface area contributed by atoms with E-state index in [1.165, 1.54) is 18.3 Å². The van der Waals surface area contributed by atoms with Crippen LogP contribution < -0.4 is 5.32 Å². The van der Waals surface area contributed by atoms with E-state index in [9.17, 15) is 17.6 Å². The molecule has 1 unspecified atom stereocenters. The molecule has 1 aromatic heterocycles. The van der Waals surface area contributed by atoms with E-state index in [0.717, 1.165) is 5.56 Å². The minimum absolute atomic E-state index is 0.369. The molecule has 7 heteroatoms. The summed E-state index contributed by atoms with van der Waals surface area (Å²) in [7, 11) is 0. The maximum Gasteiger partial charge on any atom is 0.443 e. The monoisotopic (exact) mass is 318 g/mol. The van der Waals surface area contributed by atoms with Gasteiger partial charge in [-0.1, -0.05) is 13.0 Å². The highest BCUT2D eigenvalue weighted by molar-refractivity contribution is 7.11. The van der Waals surface area contributed by atoms with Gasteiger partial charge >= 0.3 is 6.18 Å². The molecule has 0 fully saturated rings. The van der Waals surface area contributed by atoms with Crippen LogP contribution in [0.1, 0.15) is 34.0 Å². The Hall–Kier alpha value is -1.47. The van der Waals surface area contributed by atoms with Crippen LogP contribution in [0.2, 0.25) is 0 Å². The molecule has 21 heavy (non-hydrogen) atoms.